The first kappa shape index (κ1) is 41.2. The van der Waals surface area contributed by atoms with Crippen LogP contribution in [0.15, 0.2) is 24.8 Å². The summed E-state index contributed by atoms with van der Waals surface area (Å²) >= 11 is 0. The number of carbonyl (C=O) groups excluding carboxylic acids is 1. The van der Waals surface area contributed by atoms with Gasteiger partial charge in [-0.1, -0.05) is 26.7 Å². The molecule has 17 heteroatoms. The largest absolute Gasteiger partial charge is 1.00 e. The minimum Gasteiger partial charge on any atom is -1.00 e. The highest BCUT2D eigenvalue weighted by Crippen LogP contribution is 2.26. The Labute approximate surface area is 227 Å². The number of rotatable bonds is 14. The maximum atomic E-state index is 11.6. The molecule has 0 fully saturated rings. The van der Waals surface area contributed by atoms with Crippen LogP contribution in [0.5, 0.6) is 0 Å². The summed E-state index contributed by atoms with van der Waals surface area (Å²) in [5.41, 5.74) is -0.295. The molecule has 2 aliphatic heterocycles. The fourth-order valence-electron chi connectivity index (χ4n) is 3.95. The van der Waals surface area contributed by atoms with Gasteiger partial charge in [0.25, 0.3) is 0 Å². The zero-order chi connectivity index (χ0) is 28.3. The average Bonchev–Trinajstić information content (AvgIpc) is 3.43. The lowest BCUT2D eigenvalue weighted by molar-refractivity contribution is -0.147. The summed E-state index contributed by atoms with van der Waals surface area (Å²) in [5.74, 6) is -0.242. The van der Waals surface area contributed by atoms with Crippen molar-refractivity contribution in [2.75, 3.05) is 59.8 Å². The number of hydrogen-bond acceptors (Lipinski definition) is 7. The summed E-state index contributed by atoms with van der Waals surface area (Å²) < 4.78 is 69.1. The number of hydrogen-bond donors (Lipinski definition) is 0. The van der Waals surface area contributed by atoms with E-state index in [4.69, 9.17) is 9.47 Å². The second kappa shape index (κ2) is 23.6. The highest BCUT2D eigenvalue weighted by molar-refractivity contribution is 6.33. The summed E-state index contributed by atoms with van der Waals surface area (Å²) in [5, 5.41) is 0. The number of nitrogens with zero attached hydrogens (tertiary/aromatic N) is 4. The van der Waals surface area contributed by atoms with Gasteiger partial charge in [0.05, 0.1) is 25.4 Å². The molecule has 7 nitrogen and oxygen atoms in total. The molecule has 2 aliphatic rings. The van der Waals surface area contributed by atoms with Crippen molar-refractivity contribution in [3.63, 3.8) is 0 Å². The third kappa shape index (κ3) is 21.2. The fourth-order valence-corrected chi connectivity index (χ4v) is 3.95. The van der Waals surface area contributed by atoms with Crippen molar-refractivity contribution >= 4 is 21.1 Å². The van der Waals surface area contributed by atoms with E-state index in [-0.39, 0.29) is 20.8 Å². The van der Waals surface area contributed by atoms with Crippen LogP contribution in [0.25, 0.3) is 0 Å². The molecule has 0 bridgehead atoms. The number of esters is 1. The van der Waals surface area contributed by atoms with Crippen LogP contribution < -0.4 is 9.41 Å². The van der Waals surface area contributed by atoms with Crippen LogP contribution in [0.1, 0.15) is 46.5 Å². The third-order valence-corrected chi connectivity index (χ3v) is 5.41. The normalized spacial score (nSPS) is 13.6. The van der Waals surface area contributed by atoms with Gasteiger partial charge in [-0.2, -0.15) is 0 Å². The van der Waals surface area contributed by atoms with Crippen molar-refractivity contribution < 1.29 is 49.6 Å². The lowest BCUT2D eigenvalue weighted by Gasteiger charge is -2.39. The molecule has 0 atom stereocenters. The van der Waals surface area contributed by atoms with E-state index in [1.165, 1.54) is 32.6 Å². The van der Waals surface area contributed by atoms with Crippen LogP contribution >= 0.6 is 0 Å². The quantitative estimate of drug-likeness (QED) is 0.143. The molecule has 2 rings (SSSR count). The molecule has 0 amide bonds. The number of halogens is 8. The lowest BCUT2D eigenvalue weighted by atomic mass is 9.88. The maximum absolute atomic E-state index is 11.6. The van der Waals surface area contributed by atoms with Crippen LogP contribution in [-0.4, -0.2) is 100 Å². The standard InChI is InChI=1S/C22H40N4O3.2BF3.2FH/c1-5-7-9-23-11-13-25(19-23)15-22(17-28-4,18-29-21(3)27)16-26-14-12-24(20-26)10-8-6-2;2*2-1(3)4;;/h11-14H,5-10,15-20H2,1-4H3;;;2*1H/p-2. The van der Waals surface area contributed by atoms with Crippen molar-refractivity contribution in [3.05, 3.63) is 24.8 Å². The van der Waals surface area contributed by atoms with Crippen LogP contribution in [0, 0.1) is 5.41 Å². The molecule has 0 saturated heterocycles. The van der Waals surface area contributed by atoms with Crippen LogP contribution in [0.4, 0.5) is 25.9 Å². The van der Waals surface area contributed by atoms with Crippen molar-refractivity contribution in [1.29, 1.82) is 0 Å². The minimum atomic E-state index is -3.67. The van der Waals surface area contributed by atoms with E-state index in [2.05, 4.69) is 58.2 Å². The summed E-state index contributed by atoms with van der Waals surface area (Å²) in [6.45, 7) is 12.3. The highest BCUT2D eigenvalue weighted by atomic mass is 19.4. The van der Waals surface area contributed by atoms with Crippen LogP contribution in [0.3, 0.4) is 0 Å². The van der Waals surface area contributed by atoms with Crippen molar-refractivity contribution in [2.24, 2.45) is 5.41 Å². The van der Waals surface area contributed by atoms with Crippen molar-refractivity contribution in [3.8, 4) is 0 Å². The topological polar surface area (TPSA) is 48.5 Å². The lowest BCUT2D eigenvalue weighted by Crippen LogP contribution is -3.00. The molecule has 39 heavy (non-hydrogen) atoms. The molecule has 0 aromatic rings. The zero-order valence-corrected chi connectivity index (χ0v) is 23.0. The van der Waals surface area contributed by atoms with E-state index >= 15 is 0 Å². The summed E-state index contributed by atoms with van der Waals surface area (Å²) in [7, 11) is -5.61. The number of carbonyl (C=O) groups is 1. The van der Waals surface area contributed by atoms with Gasteiger partial charge in [0, 0.05) is 65.0 Å². The number of methoxy groups -OCH3 is 1. The first-order valence-corrected chi connectivity index (χ1v) is 12.3. The minimum absolute atomic E-state index is 0. The van der Waals surface area contributed by atoms with Gasteiger partial charge in [0.1, 0.15) is 6.61 Å². The smallest absolute Gasteiger partial charge is 0.762 e. The monoisotopic (exact) mass is 582 g/mol. The predicted molar refractivity (Wildman–Crippen MR) is 134 cm³/mol. The second-order valence-corrected chi connectivity index (χ2v) is 8.91. The van der Waals surface area contributed by atoms with E-state index in [1.54, 1.807) is 7.11 Å². The van der Waals surface area contributed by atoms with E-state index in [1.807, 2.05) is 0 Å². The molecule has 230 valence electrons. The molecule has 0 aliphatic carbocycles. The zero-order valence-electron chi connectivity index (χ0n) is 23.0. The fraction of sp³-hybridized carbons (Fsp3) is 0.773. The molecular formula is C22H40B2F8N4O3-2. The highest BCUT2D eigenvalue weighted by Gasteiger charge is 2.37. The molecule has 0 saturated carbocycles. The SMILES string of the molecule is CCCCN1C=CN(CC(COC)(COC(C)=O)CN2C=CN(CCCC)C2)C1.FB(F)F.FB(F)F.[F-].[F-]. The maximum Gasteiger partial charge on any atom is 0.762 e. The van der Waals surface area contributed by atoms with E-state index in [0.29, 0.717) is 13.2 Å². The molecule has 0 N–H and O–H groups in total. The van der Waals surface area contributed by atoms with E-state index < -0.39 is 15.1 Å². The van der Waals surface area contributed by atoms with Gasteiger partial charge in [-0.25, -0.2) is 0 Å². The van der Waals surface area contributed by atoms with Crippen LogP contribution in [0.2, 0.25) is 0 Å². The van der Waals surface area contributed by atoms with Gasteiger partial charge in [-0.3, -0.25) is 30.7 Å². The van der Waals surface area contributed by atoms with Crippen molar-refractivity contribution in [1.82, 2.24) is 19.6 Å². The summed E-state index contributed by atoms with van der Waals surface area (Å²) in [4.78, 5) is 20.9. The first-order valence-electron chi connectivity index (χ1n) is 12.3. The average molecular weight is 582 g/mol. The second-order valence-electron chi connectivity index (χ2n) is 8.91. The van der Waals surface area contributed by atoms with Gasteiger partial charge in [-0.05, 0) is 12.8 Å². The Kier molecular flexibility index (Phi) is 24.9. The molecule has 0 spiro atoms. The molecule has 0 unspecified atom stereocenters. The third-order valence-electron chi connectivity index (χ3n) is 5.41. The van der Waals surface area contributed by atoms with Gasteiger partial charge < -0.3 is 38.5 Å². The molecular weight excluding hydrogens is 542 g/mol. The first-order chi connectivity index (χ1) is 17.5. The Morgan fingerprint density at radius 3 is 1.44 bits per heavy atom. The summed E-state index contributed by atoms with van der Waals surface area (Å²) in [6, 6.07) is 0. The summed E-state index contributed by atoms with van der Waals surface area (Å²) in [6.07, 6.45) is 13.4. The number of unbranched alkanes of at least 4 members (excludes halogenated alkanes) is 2. The van der Waals surface area contributed by atoms with Gasteiger partial charge in [0.15, 0.2) is 0 Å². The molecule has 0 radical (unpaired) electrons. The Hall–Kier alpha value is -2.32. The van der Waals surface area contributed by atoms with E-state index in [0.717, 1.165) is 39.5 Å². The Balaban J connectivity index is -0.00000114. The molecule has 0 aromatic carbocycles. The van der Waals surface area contributed by atoms with E-state index in [9.17, 15) is 30.7 Å². The predicted octanol–water partition coefficient (Wildman–Crippen LogP) is -1.36. The Morgan fingerprint density at radius 1 is 0.769 bits per heavy atom. The number of ether oxygens (including phenoxy) is 2. The Bertz CT molecular complexity index is 627. The Morgan fingerprint density at radius 2 is 1.13 bits per heavy atom. The van der Waals surface area contributed by atoms with Gasteiger partial charge in [0.2, 0.25) is 0 Å². The molecule has 0 aromatic heterocycles. The van der Waals surface area contributed by atoms with Crippen LogP contribution in [-0.2, 0) is 14.3 Å². The van der Waals surface area contributed by atoms with Crippen molar-refractivity contribution in [2.45, 2.75) is 46.5 Å². The van der Waals surface area contributed by atoms with Gasteiger partial charge >= 0.3 is 21.1 Å². The molecule has 2 heterocycles. The van der Waals surface area contributed by atoms with Gasteiger partial charge in [-0.15, -0.1) is 0 Å².